The van der Waals surface area contributed by atoms with Gasteiger partial charge < -0.3 is 15.0 Å². The van der Waals surface area contributed by atoms with Crippen LogP contribution in [0.15, 0.2) is 59.7 Å². The van der Waals surface area contributed by atoms with E-state index in [0.29, 0.717) is 5.75 Å². The Morgan fingerprint density at radius 2 is 1.77 bits per heavy atom. The van der Waals surface area contributed by atoms with Crippen LogP contribution in [0.25, 0.3) is 6.08 Å². The third-order valence-corrected chi connectivity index (χ3v) is 4.40. The number of para-hydroxylation sites is 1. The maximum absolute atomic E-state index is 11.9. The van der Waals surface area contributed by atoms with Crippen LogP contribution in [-0.4, -0.2) is 44.8 Å². The third-order valence-electron chi connectivity index (χ3n) is 4.40. The Labute approximate surface area is 177 Å². The van der Waals surface area contributed by atoms with Crippen LogP contribution in [0.5, 0.6) is 5.75 Å². The maximum Gasteiger partial charge on any atom is 0.259 e. The van der Waals surface area contributed by atoms with Crippen molar-refractivity contribution in [1.82, 2.24) is 10.7 Å². The average Bonchev–Trinajstić information content (AvgIpc) is 2.78. The van der Waals surface area contributed by atoms with Crippen LogP contribution < -0.4 is 20.4 Å². The molecule has 0 saturated heterocycles. The van der Waals surface area contributed by atoms with Crippen molar-refractivity contribution in [2.45, 2.75) is 13.8 Å². The summed E-state index contributed by atoms with van der Waals surface area (Å²) in [4.78, 5) is 26.0. The molecular weight excluding hydrogens is 380 g/mol. The molecule has 0 aromatic heterocycles. The van der Waals surface area contributed by atoms with E-state index in [1.165, 1.54) is 6.08 Å². The molecule has 0 saturated carbocycles. The van der Waals surface area contributed by atoms with Gasteiger partial charge in [-0.2, -0.15) is 5.10 Å². The minimum absolute atomic E-state index is 0.173. The van der Waals surface area contributed by atoms with Crippen molar-refractivity contribution in [2.24, 2.45) is 5.10 Å². The quantitative estimate of drug-likeness (QED) is 0.360. The number of nitrogens with one attached hydrogen (secondary N) is 2. The molecule has 0 bridgehead atoms. The number of carbonyl (C=O) groups is 2. The predicted molar refractivity (Wildman–Crippen MR) is 121 cm³/mol. The molecule has 0 spiro atoms. The van der Waals surface area contributed by atoms with Crippen LogP contribution in [0.4, 0.5) is 5.69 Å². The Bertz CT molecular complexity index is 888. The van der Waals surface area contributed by atoms with Gasteiger partial charge >= 0.3 is 0 Å². The number of hydrogen-bond donors (Lipinski definition) is 2. The van der Waals surface area contributed by atoms with Crippen molar-refractivity contribution in [3.05, 3.63) is 65.7 Å². The summed E-state index contributed by atoms with van der Waals surface area (Å²) in [5.41, 5.74) is 5.19. The number of hydrogen-bond acceptors (Lipinski definition) is 5. The molecule has 2 rings (SSSR count). The lowest BCUT2D eigenvalue weighted by Crippen LogP contribution is -2.34. The van der Waals surface area contributed by atoms with Crippen molar-refractivity contribution in [1.29, 1.82) is 0 Å². The zero-order chi connectivity index (χ0) is 21.8. The molecule has 7 heteroatoms. The molecule has 0 aliphatic rings. The Morgan fingerprint density at radius 1 is 1.07 bits per heavy atom. The number of methoxy groups -OCH3 is 1. The number of rotatable bonds is 10. The Hall–Kier alpha value is -3.61. The van der Waals surface area contributed by atoms with E-state index in [0.717, 1.165) is 29.9 Å². The summed E-state index contributed by atoms with van der Waals surface area (Å²) in [6, 6.07) is 15.2. The van der Waals surface area contributed by atoms with E-state index >= 15 is 0 Å². The van der Waals surface area contributed by atoms with Gasteiger partial charge in [-0.1, -0.05) is 30.3 Å². The smallest absolute Gasteiger partial charge is 0.259 e. The fourth-order valence-electron chi connectivity index (χ4n) is 2.77. The molecule has 0 unspecified atom stereocenters. The van der Waals surface area contributed by atoms with Crippen LogP contribution >= 0.6 is 0 Å². The molecule has 0 heterocycles. The summed E-state index contributed by atoms with van der Waals surface area (Å²) in [5, 5.41) is 6.44. The molecule has 158 valence electrons. The van der Waals surface area contributed by atoms with Crippen LogP contribution in [0.1, 0.15) is 25.0 Å². The van der Waals surface area contributed by atoms with Gasteiger partial charge in [-0.3, -0.25) is 9.59 Å². The fraction of sp³-hybridized carbons (Fsp3) is 0.261. The third kappa shape index (κ3) is 7.09. The normalized spacial score (nSPS) is 10.9. The van der Waals surface area contributed by atoms with Gasteiger partial charge in [-0.15, -0.1) is 0 Å². The van der Waals surface area contributed by atoms with Gasteiger partial charge in [-0.25, -0.2) is 5.43 Å². The first-order valence-electron chi connectivity index (χ1n) is 9.83. The lowest BCUT2D eigenvalue weighted by atomic mass is 10.2. The van der Waals surface area contributed by atoms with Crippen molar-refractivity contribution >= 4 is 29.8 Å². The highest BCUT2D eigenvalue weighted by molar-refractivity contribution is 5.94. The molecule has 0 aliphatic carbocycles. The second-order valence-electron chi connectivity index (χ2n) is 6.35. The number of hydrazone groups is 1. The zero-order valence-electron chi connectivity index (χ0n) is 17.6. The molecule has 0 fully saturated rings. The van der Waals surface area contributed by atoms with Gasteiger partial charge in [0.15, 0.2) is 0 Å². The van der Waals surface area contributed by atoms with Crippen LogP contribution in [-0.2, 0) is 9.59 Å². The van der Waals surface area contributed by atoms with E-state index in [4.69, 9.17) is 4.74 Å². The van der Waals surface area contributed by atoms with Crippen LogP contribution in [0.3, 0.4) is 0 Å². The standard InChI is InChI=1S/C23H28N4O3/c1-4-27(5-2)20-13-10-18(11-14-20)16-25-26-23(29)17-24-22(28)15-12-19-8-6-7-9-21(19)30-3/h6-16H,4-5,17H2,1-3H3,(H,24,28)(H,26,29). The molecule has 2 amide bonds. The lowest BCUT2D eigenvalue weighted by molar-refractivity contribution is -0.123. The first-order chi connectivity index (χ1) is 14.6. The van der Waals surface area contributed by atoms with Crippen molar-refractivity contribution in [2.75, 3.05) is 31.6 Å². The molecule has 7 nitrogen and oxygen atoms in total. The zero-order valence-corrected chi connectivity index (χ0v) is 17.6. The summed E-state index contributed by atoms with van der Waals surface area (Å²) in [7, 11) is 1.57. The van der Waals surface area contributed by atoms with E-state index < -0.39 is 5.91 Å². The molecule has 0 atom stereocenters. The van der Waals surface area contributed by atoms with E-state index in [-0.39, 0.29) is 12.5 Å². The van der Waals surface area contributed by atoms with Crippen molar-refractivity contribution in [3.63, 3.8) is 0 Å². The minimum Gasteiger partial charge on any atom is -0.496 e. The van der Waals surface area contributed by atoms with Crippen molar-refractivity contribution < 1.29 is 14.3 Å². The molecule has 2 aromatic carbocycles. The monoisotopic (exact) mass is 408 g/mol. The van der Waals surface area contributed by atoms with E-state index in [1.54, 1.807) is 25.5 Å². The molecule has 0 aliphatic heterocycles. The topological polar surface area (TPSA) is 83.0 Å². The fourth-order valence-corrected chi connectivity index (χ4v) is 2.77. The minimum atomic E-state index is -0.412. The SMILES string of the molecule is CCN(CC)c1ccc(C=NNC(=O)CNC(=O)C=Cc2ccccc2OC)cc1. The van der Waals surface area contributed by atoms with Gasteiger partial charge in [0, 0.05) is 30.4 Å². The first-order valence-corrected chi connectivity index (χ1v) is 9.83. The average molecular weight is 409 g/mol. The Kier molecular flexibility index (Phi) is 9.12. The number of benzene rings is 2. The summed E-state index contributed by atoms with van der Waals surface area (Å²) in [6.07, 6.45) is 4.55. The number of ether oxygens (including phenoxy) is 1. The van der Waals surface area contributed by atoms with Crippen LogP contribution in [0.2, 0.25) is 0 Å². The van der Waals surface area contributed by atoms with Crippen molar-refractivity contribution in [3.8, 4) is 5.75 Å². The highest BCUT2D eigenvalue weighted by Gasteiger charge is 2.03. The van der Waals surface area contributed by atoms with E-state index in [9.17, 15) is 9.59 Å². The van der Waals surface area contributed by atoms with E-state index in [2.05, 4.69) is 34.6 Å². The van der Waals surface area contributed by atoms with Gasteiger partial charge in [0.25, 0.3) is 5.91 Å². The highest BCUT2D eigenvalue weighted by Crippen LogP contribution is 2.18. The van der Waals surface area contributed by atoms with E-state index in [1.807, 2.05) is 42.5 Å². The first kappa shape index (κ1) is 22.7. The number of nitrogens with zero attached hydrogens (tertiary/aromatic N) is 2. The molecule has 30 heavy (non-hydrogen) atoms. The van der Waals surface area contributed by atoms with Crippen LogP contribution in [0, 0.1) is 0 Å². The number of amides is 2. The molecule has 0 radical (unpaired) electrons. The lowest BCUT2D eigenvalue weighted by Gasteiger charge is -2.20. The summed E-state index contributed by atoms with van der Waals surface area (Å²) in [6.45, 7) is 5.94. The summed E-state index contributed by atoms with van der Waals surface area (Å²) < 4.78 is 5.22. The summed E-state index contributed by atoms with van der Waals surface area (Å²) >= 11 is 0. The largest absolute Gasteiger partial charge is 0.496 e. The van der Waals surface area contributed by atoms with Gasteiger partial charge in [0.05, 0.1) is 19.9 Å². The summed E-state index contributed by atoms with van der Waals surface area (Å²) in [5.74, 6) is -0.129. The van der Waals surface area contributed by atoms with Gasteiger partial charge in [0.1, 0.15) is 5.75 Å². The van der Waals surface area contributed by atoms with Gasteiger partial charge in [-0.05, 0) is 43.7 Å². The molecular formula is C23H28N4O3. The maximum atomic E-state index is 11.9. The second kappa shape index (κ2) is 12.1. The highest BCUT2D eigenvalue weighted by atomic mass is 16.5. The second-order valence-corrected chi connectivity index (χ2v) is 6.35. The predicted octanol–water partition coefficient (Wildman–Crippen LogP) is 2.82. The molecule has 2 N–H and O–H groups in total. The number of carbonyl (C=O) groups excluding carboxylic acids is 2. The van der Waals surface area contributed by atoms with Gasteiger partial charge in [0.2, 0.25) is 5.91 Å². The molecule has 2 aromatic rings. The number of anilines is 1. The Morgan fingerprint density at radius 3 is 2.43 bits per heavy atom. The Balaban J connectivity index is 1.77.